The molecule has 0 saturated carbocycles. The number of ether oxygens (including phenoxy) is 2. The summed E-state index contributed by atoms with van der Waals surface area (Å²) < 4.78 is 15.9. The van der Waals surface area contributed by atoms with Gasteiger partial charge in [-0.25, -0.2) is 0 Å². The predicted molar refractivity (Wildman–Crippen MR) is 107 cm³/mol. The van der Waals surface area contributed by atoms with Crippen LogP contribution in [0, 0.1) is 0 Å². The molecule has 3 rings (SSSR count). The van der Waals surface area contributed by atoms with Crippen LogP contribution in [0.25, 0.3) is 11.4 Å². The maximum atomic E-state index is 11.0. The highest BCUT2D eigenvalue weighted by molar-refractivity contribution is 8.00. The lowest BCUT2D eigenvalue weighted by Gasteiger charge is -2.09. The highest BCUT2D eigenvalue weighted by Gasteiger charge is 2.14. The Morgan fingerprint density at radius 2 is 2.04 bits per heavy atom. The van der Waals surface area contributed by atoms with Crippen LogP contribution in [-0.2, 0) is 11.3 Å². The second kappa shape index (κ2) is 9.14. The minimum atomic E-state index is -0.366. The van der Waals surface area contributed by atoms with E-state index in [-0.39, 0.29) is 11.7 Å². The second-order valence-corrected chi connectivity index (χ2v) is 6.70. The molecule has 0 bridgehead atoms. The molecule has 1 heterocycles. The van der Waals surface area contributed by atoms with E-state index < -0.39 is 0 Å². The lowest BCUT2D eigenvalue weighted by molar-refractivity contribution is -0.115. The summed E-state index contributed by atoms with van der Waals surface area (Å²) in [5, 5.41) is 7.28. The molecule has 0 saturated heterocycles. The average Bonchev–Trinajstić information content (AvgIpc) is 3.19. The van der Waals surface area contributed by atoms with E-state index in [9.17, 15) is 4.79 Å². The summed E-state index contributed by atoms with van der Waals surface area (Å²) in [5.74, 6) is 1.95. The van der Waals surface area contributed by atoms with Gasteiger partial charge in [-0.15, -0.1) is 11.8 Å². The third kappa shape index (κ3) is 4.74. The summed E-state index contributed by atoms with van der Waals surface area (Å²) in [4.78, 5) is 16.4. The second-order valence-electron chi connectivity index (χ2n) is 5.68. The summed E-state index contributed by atoms with van der Waals surface area (Å²) >= 11 is 1.37. The van der Waals surface area contributed by atoms with Gasteiger partial charge in [-0.1, -0.05) is 17.3 Å². The first kappa shape index (κ1) is 19.6. The molecular formula is C19H20N4O4S. The van der Waals surface area contributed by atoms with Crippen molar-refractivity contribution < 1.29 is 18.8 Å². The zero-order valence-corrected chi connectivity index (χ0v) is 16.3. The lowest BCUT2D eigenvalue weighted by atomic mass is 10.2. The van der Waals surface area contributed by atoms with Crippen LogP contribution in [0.3, 0.4) is 0 Å². The number of anilines is 1. The van der Waals surface area contributed by atoms with Crippen molar-refractivity contribution in [1.29, 1.82) is 0 Å². The van der Waals surface area contributed by atoms with Crippen LogP contribution in [0.4, 0.5) is 5.69 Å². The van der Waals surface area contributed by atoms with Crippen LogP contribution in [-0.4, -0.2) is 36.0 Å². The molecule has 0 spiro atoms. The van der Waals surface area contributed by atoms with Gasteiger partial charge in [-0.05, 0) is 24.3 Å². The number of nitrogens with one attached hydrogen (secondary N) is 1. The van der Waals surface area contributed by atoms with E-state index in [2.05, 4.69) is 15.5 Å². The van der Waals surface area contributed by atoms with Crippen molar-refractivity contribution in [3.8, 4) is 22.9 Å². The highest BCUT2D eigenvalue weighted by Crippen LogP contribution is 2.32. The van der Waals surface area contributed by atoms with Crippen LogP contribution in [0.5, 0.6) is 11.5 Å². The third-order valence-corrected chi connectivity index (χ3v) is 4.90. The molecule has 2 aromatic carbocycles. The quantitative estimate of drug-likeness (QED) is 0.527. The first-order valence-electron chi connectivity index (χ1n) is 8.39. The highest BCUT2D eigenvalue weighted by atomic mass is 32.2. The average molecular weight is 400 g/mol. The number of methoxy groups -OCH3 is 2. The monoisotopic (exact) mass is 400 g/mol. The van der Waals surface area contributed by atoms with Crippen LogP contribution >= 0.6 is 11.8 Å². The fraction of sp³-hybridized carbons (Fsp3) is 0.211. The van der Waals surface area contributed by atoms with Gasteiger partial charge in [0.25, 0.3) is 0 Å². The molecule has 28 heavy (non-hydrogen) atoms. The van der Waals surface area contributed by atoms with Crippen molar-refractivity contribution >= 4 is 23.4 Å². The van der Waals surface area contributed by atoms with Gasteiger partial charge >= 0.3 is 0 Å². The van der Waals surface area contributed by atoms with Crippen molar-refractivity contribution in [3.05, 3.63) is 48.4 Å². The summed E-state index contributed by atoms with van der Waals surface area (Å²) in [6, 6.07) is 13.0. The van der Waals surface area contributed by atoms with Gasteiger partial charge in [-0.2, -0.15) is 4.98 Å². The van der Waals surface area contributed by atoms with Gasteiger partial charge in [0, 0.05) is 16.6 Å². The van der Waals surface area contributed by atoms with Crippen LogP contribution in [0.1, 0.15) is 5.89 Å². The van der Waals surface area contributed by atoms with Crippen molar-refractivity contribution in [2.75, 3.05) is 25.3 Å². The number of hydrogen-bond acceptors (Lipinski definition) is 8. The molecule has 0 aliphatic rings. The first-order chi connectivity index (χ1) is 13.6. The summed E-state index contributed by atoms with van der Waals surface area (Å²) in [6.45, 7) is 0.333. The Morgan fingerprint density at radius 3 is 2.79 bits per heavy atom. The zero-order chi connectivity index (χ0) is 19.9. The fourth-order valence-corrected chi connectivity index (χ4v) is 3.25. The molecule has 0 aliphatic heterocycles. The smallest absolute Gasteiger partial charge is 0.246 e. The standard InChI is InChI=1S/C19H20N4O4S/c1-25-12-7-8-13(15(9-12)26-2)19-22-18(27-23-19)10-21-14-5-3-4-6-16(14)28-11-17(20)24/h3-9,21H,10-11H2,1-2H3,(H2,20,24). The van der Waals surface area contributed by atoms with Crippen molar-refractivity contribution in [3.63, 3.8) is 0 Å². The number of aromatic nitrogens is 2. The number of para-hydroxylation sites is 1. The summed E-state index contributed by atoms with van der Waals surface area (Å²) in [7, 11) is 3.16. The summed E-state index contributed by atoms with van der Waals surface area (Å²) in [6.07, 6.45) is 0. The van der Waals surface area contributed by atoms with Gasteiger partial charge < -0.3 is 25.0 Å². The number of amides is 1. The fourth-order valence-electron chi connectivity index (χ4n) is 2.48. The Hall–Kier alpha value is -3.20. The number of primary amides is 1. The van der Waals surface area contributed by atoms with Gasteiger partial charge in [0.15, 0.2) is 0 Å². The SMILES string of the molecule is COc1ccc(-c2noc(CNc3ccccc3SCC(N)=O)n2)c(OC)c1. The Balaban J connectivity index is 1.72. The van der Waals surface area contributed by atoms with E-state index in [1.54, 1.807) is 26.4 Å². The third-order valence-electron chi connectivity index (χ3n) is 3.80. The van der Waals surface area contributed by atoms with Crippen molar-refractivity contribution in [2.45, 2.75) is 11.4 Å². The van der Waals surface area contributed by atoms with Crippen LogP contribution in [0.15, 0.2) is 51.9 Å². The van der Waals surface area contributed by atoms with Crippen molar-refractivity contribution in [2.24, 2.45) is 5.73 Å². The number of nitrogens with two attached hydrogens (primary N) is 1. The Bertz CT molecular complexity index is 961. The number of hydrogen-bond donors (Lipinski definition) is 2. The van der Waals surface area contributed by atoms with Gasteiger partial charge in [0.2, 0.25) is 17.6 Å². The molecule has 0 fully saturated rings. The van der Waals surface area contributed by atoms with Gasteiger partial charge in [-0.3, -0.25) is 4.79 Å². The molecule has 0 unspecified atom stereocenters. The number of thioether (sulfide) groups is 1. The number of carbonyl (C=O) groups is 1. The molecule has 0 aliphatic carbocycles. The van der Waals surface area contributed by atoms with E-state index >= 15 is 0 Å². The normalized spacial score (nSPS) is 10.5. The molecule has 0 atom stereocenters. The number of carbonyl (C=O) groups excluding carboxylic acids is 1. The maximum Gasteiger partial charge on any atom is 0.246 e. The van der Waals surface area contributed by atoms with Crippen LogP contribution < -0.4 is 20.5 Å². The van der Waals surface area contributed by atoms with Gasteiger partial charge in [0.1, 0.15) is 11.5 Å². The molecule has 1 amide bonds. The Labute approximate surface area is 166 Å². The van der Waals surface area contributed by atoms with E-state index in [0.29, 0.717) is 35.3 Å². The first-order valence-corrected chi connectivity index (χ1v) is 9.38. The summed E-state index contributed by atoms with van der Waals surface area (Å²) in [5.41, 5.74) is 6.79. The number of rotatable bonds is 9. The minimum Gasteiger partial charge on any atom is -0.497 e. The lowest BCUT2D eigenvalue weighted by Crippen LogP contribution is -2.13. The molecule has 8 nitrogen and oxygen atoms in total. The number of nitrogens with zero attached hydrogens (tertiary/aromatic N) is 2. The molecule has 0 radical (unpaired) electrons. The predicted octanol–water partition coefficient (Wildman–Crippen LogP) is 2.94. The molecule has 1 aromatic heterocycles. The number of benzene rings is 2. The Morgan fingerprint density at radius 1 is 1.21 bits per heavy atom. The molecule has 9 heteroatoms. The maximum absolute atomic E-state index is 11.0. The largest absolute Gasteiger partial charge is 0.497 e. The topological polar surface area (TPSA) is 112 Å². The van der Waals surface area contributed by atoms with E-state index in [1.807, 2.05) is 30.3 Å². The van der Waals surface area contributed by atoms with E-state index in [0.717, 1.165) is 10.6 Å². The zero-order valence-electron chi connectivity index (χ0n) is 15.5. The van der Waals surface area contributed by atoms with Crippen LogP contribution in [0.2, 0.25) is 0 Å². The molecule has 146 valence electrons. The van der Waals surface area contributed by atoms with Crippen molar-refractivity contribution in [1.82, 2.24) is 10.1 Å². The minimum absolute atomic E-state index is 0.209. The van der Waals surface area contributed by atoms with Gasteiger partial charge in [0.05, 0.1) is 32.1 Å². The molecule has 3 aromatic rings. The van der Waals surface area contributed by atoms with E-state index in [1.165, 1.54) is 11.8 Å². The molecule has 3 N–H and O–H groups in total. The molecular weight excluding hydrogens is 380 g/mol. The van der Waals surface area contributed by atoms with E-state index in [4.69, 9.17) is 19.7 Å². The Kier molecular flexibility index (Phi) is 6.38.